The van der Waals surface area contributed by atoms with Crippen molar-refractivity contribution in [1.82, 2.24) is 10.2 Å². The van der Waals surface area contributed by atoms with Gasteiger partial charge < -0.3 is 9.84 Å². The second kappa shape index (κ2) is 14.6. The van der Waals surface area contributed by atoms with Gasteiger partial charge in [0.1, 0.15) is 5.75 Å². The number of ketones is 1. The molecule has 46 heavy (non-hydrogen) atoms. The van der Waals surface area contributed by atoms with Crippen LogP contribution in [-0.4, -0.2) is 33.6 Å². The van der Waals surface area contributed by atoms with Crippen LogP contribution in [0, 0.1) is 0 Å². The molecule has 0 fully saturated rings. The molecule has 232 valence electrons. The minimum Gasteiger partial charge on any atom is -0.503 e. The summed E-state index contributed by atoms with van der Waals surface area (Å²) in [6.45, 7) is 2.70. The van der Waals surface area contributed by atoms with Gasteiger partial charge in [-0.2, -0.15) is 0 Å². The van der Waals surface area contributed by atoms with E-state index in [0.717, 1.165) is 24.8 Å². The van der Waals surface area contributed by atoms with Gasteiger partial charge >= 0.3 is 0 Å². The van der Waals surface area contributed by atoms with Crippen molar-refractivity contribution >= 4 is 56.8 Å². The van der Waals surface area contributed by atoms with Crippen LogP contribution in [0.25, 0.3) is 16.8 Å². The lowest BCUT2D eigenvalue weighted by Crippen LogP contribution is -2.30. The number of carbonyl (C=O) groups excluding carboxylic acids is 2. The first-order valence-corrected chi connectivity index (χ1v) is 17.0. The predicted molar refractivity (Wildman–Crippen MR) is 185 cm³/mol. The van der Waals surface area contributed by atoms with Gasteiger partial charge in [-0.15, -0.1) is 10.2 Å². The third kappa shape index (κ3) is 6.90. The Labute approximate surface area is 276 Å². The number of rotatable bonds is 13. The average Bonchev–Trinajstić information content (AvgIpc) is 3.66. The fourth-order valence-electron chi connectivity index (χ4n) is 5.43. The number of carbonyl (C=O) groups is 2. The highest BCUT2D eigenvalue weighted by molar-refractivity contribution is 8.00. The summed E-state index contributed by atoms with van der Waals surface area (Å²) in [7, 11) is 0. The molecule has 1 unspecified atom stereocenters. The summed E-state index contributed by atoms with van der Waals surface area (Å²) in [6.07, 6.45) is 6.13. The highest BCUT2D eigenvalue weighted by Crippen LogP contribution is 2.44. The number of allylic oxidation sites excluding steroid dienone is 1. The molecule has 5 aromatic rings. The van der Waals surface area contributed by atoms with E-state index in [1.54, 1.807) is 6.08 Å². The predicted octanol–water partition coefficient (Wildman–Crippen LogP) is 8.74. The van der Waals surface area contributed by atoms with Crippen molar-refractivity contribution in [2.24, 2.45) is 0 Å². The van der Waals surface area contributed by atoms with Crippen molar-refractivity contribution in [2.45, 2.75) is 42.3 Å². The zero-order valence-corrected chi connectivity index (χ0v) is 27.0. The minimum atomic E-state index is -0.913. The number of hydrogen-bond acceptors (Lipinski definition) is 8. The molecule has 7 nitrogen and oxygen atoms in total. The maximum absolute atomic E-state index is 13.7. The molecule has 0 bridgehead atoms. The number of aliphatic hydroxyl groups excluding tert-OH is 1. The number of nitrogens with zero attached hydrogens (tertiary/aromatic N) is 3. The van der Waals surface area contributed by atoms with Gasteiger partial charge in [-0.05, 0) is 52.1 Å². The Morgan fingerprint density at radius 3 is 2.61 bits per heavy atom. The van der Waals surface area contributed by atoms with E-state index in [-0.39, 0.29) is 5.57 Å². The Kier molecular flexibility index (Phi) is 9.91. The first-order valence-electron chi connectivity index (χ1n) is 15.2. The maximum atomic E-state index is 13.7. The molecule has 1 aliphatic rings. The van der Waals surface area contributed by atoms with E-state index < -0.39 is 23.5 Å². The van der Waals surface area contributed by atoms with Crippen LogP contribution in [0.5, 0.6) is 5.75 Å². The van der Waals surface area contributed by atoms with Crippen LogP contribution in [0.4, 0.5) is 5.13 Å². The van der Waals surface area contributed by atoms with Crippen LogP contribution in [0.1, 0.15) is 48.9 Å². The molecule has 0 radical (unpaired) electrons. The lowest BCUT2D eigenvalue weighted by atomic mass is 9.95. The zero-order chi connectivity index (χ0) is 31.9. The van der Waals surface area contributed by atoms with Gasteiger partial charge in [-0.25, -0.2) is 0 Å². The Balaban J connectivity index is 1.30. The van der Waals surface area contributed by atoms with Crippen molar-refractivity contribution in [2.75, 3.05) is 11.5 Å². The van der Waals surface area contributed by atoms with E-state index in [9.17, 15) is 14.7 Å². The van der Waals surface area contributed by atoms with Crippen molar-refractivity contribution in [3.05, 3.63) is 131 Å². The minimum absolute atomic E-state index is 0.0135. The summed E-state index contributed by atoms with van der Waals surface area (Å²) < 4.78 is 6.67. The van der Waals surface area contributed by atoms with Crippen LogP contribution in [0.2, 0.25) is 0 Å². The first-order chi connectivity index (χ1) is 22.5. The number of benzene rings is 4. The van der Waals surface area contributed by atoms with Crippen molar-refractivity contribution in [1.29, 1.82) is 0 Å². The number of unbranched alkanes of at least 4 members (excludes halogenated alkanes) is 2. The molecule has 1 aromatic heterocycles. The molecule has 1 N–H and O–H groups in total. The number of aliphatic hydroxyl groups is 1. The number of ether oxygens (including phenoxy) is 1. The average molecular weight is 648 g/mol. The van der Waals surface area contributed by atoms with E-state index in [0.29, 0.717) is 33.1 Å². The summed E-state index contributed by atoms with van der Waals surface area (Å²) in [4.78, 5) is 28.7. The largest absolute Gasteiger partial charge is 0.503 e. The van der Waals surface area contributed by atoms with E-state index in [1.807, 2.05) is 72.8 Å². The number of thioether (sulfide) groups is 1. The summed E-state index contributed by atoms with van der Waals surface area (Å²) in [5.74, 6) is -0.462. The molecular weight excluding hydrogens is 615 g/mol. The Bertz CT molecular complexity index is 1910. The molecule has 1 aliphatic heterocycles. The smallest absolute Gasteiger partial charge is 0.296 e. The zero-order valence-electron chi connectivity index (χ0n) is 25.3. The molecule has 4 aromatic carbocycles. The Morgan fingerprint density at radius 2 is 1.76 bits per heavy atom. The summed E-state index contributed by atoms with van der Waals surface area (Å²) >= 11 is 2.78. The molecule has 0 saturated carbocycles. The van der Waals surface area contributed by atoms with E-state index in [2.05, 4.69) is 41.4 Å². The second-order valence-corrected chi connectivity index (χ2v) is 13.0. The summed E-state index contributed by atoms with van der Waals surface area (Å²) in [5.41, 5.74) is 2.61. The van der Waals surface area contributed by atoms with Gasteiger partial charge in [-0.3, -0.25) is 14.5 Å². The van der Waals surface area contributed by atoms with Gasteiger partial charge in [0.25, 0.3) is 5.91 Å². The monoisotopic (exact) mass is 647 g/mol. The molecular formula is C37H33N3O4S2. The quantitative estimate of drug-likeness (QED) is 0.0591. The van der Waals surface area contributed by atoms with Crippen LogP contribution in [0.3, 0.4) is 0 Å². The molecule has 1 amide bonds. The van der Waals surface area contributed by atoms with Crippen molar-refractivity contribution < 1.29 is 19.4 Å². The molecule has 0 saturated heterocycles. The van der Waals surface area contributed by atoms with Gasteiger partial charge in [-0.1, -0.05) is 134 Å². The number of anilines is 1. The van der Waals surface area contributed by atoms with E-state index >= 15 is 0 Å². The molecule has 1 atom stereocenters. The molecule has 0 spiro atoms. The second-order valence-electron chi connectivity index (χ2n) is 10.9. The van der Waals surface area contributed by atoms with Crippen molar-refractivity contribution in [3.8, 4) is 5.75 Å². The third-order valence-electron chi connectivity index (χ3n) is 7.72. The summed E-state index contributed by atoms with van der Waals surface area (Å²) in [5, 5.41) is 22.6. The Hall–Kier alpha value is -4.73. The van der Waals surface area contributed by atoms with Crippen molar-refractivity contribution in [3.63, 3.8) is 0 Å². The highest BCUT2D eigenvalue weighted by Gasteiger charge is 2.45. The van der Waals surface area contributed by atoms with Crippen LogP contribution in [-0.2, 0) is 15.3 Å². The van der Waals surface area contributed by atoms with Crippen LogP contribution < -0.4 is 9.64 Å². The number of fused-ring (bicyclic) bond motifs is 1. The fourth-order valence-corrected chi connectivity index (χ4v) is 7.30. The van der Waals surface area contributed by atoms with Crippen LogP contribution in [0.15, 0.2) is 119 Å². The highest BCUT2D eigenvalue weighted by atomic mass is 32.2. The Morgan fingerprint density at radius 1 is 0.978 bits per heavy atom. The normalized spacial score (nSPS) is 14.9. The van der Waals surface area contributed by atoms with E-state index in [1.165, 1.54) is 50.4 Å². The first kappa shape index (κ1) is 31.3. The number of aromatic nitrogens is 2. The lowest BCUT2D eigenvalue weighted by molar-refractivity contribution is -0.117. The third-order valence-corrected chi connectivity index (χ3v) is 9.83. The molecule has 2 heterocycles. The maximum Gasteiger partial charge on any atom is 0.296 e. The van der Waals surface area contributed by atoms with Crippen LogP contribution >= 0.6 is 23.1 Å². The summed E-state index contributed by atoms with van der Waals surface area (Å²) in [6, 6.07) is 30.3. The number of amides is 1. The SMILES string of the molecule is CCCCCOc1cccc(C2C(C(=O)/C=C/c3ccccc3)=C(O)C(=O)N2c2nnc(SCc3cccc4ccccc34)s2)c1. The topological polar surface area (TPSA) is 92.6 Å². The molecule has 0 aliphatic carbocycles. The fraction of sp³-hybridized carbons (Fsp3) is 0.189. The van der Waals surface area contributed by atoms with Gasteiger partial charge in [0.05, 0.1) is 18.2 Å². The van der Waals surface area contributed by atoms with Gasteiger partial charge in [0.2, 0.25) is 5.13 Å². The molecule has 6 rings (SSSR count). The molecule has 9 heteroatoms. The van der Waals surface area contributed by atoms with Gasteiger partial charge in [0, 0.05) is 5.75 Å². The standard InChI is InChI=1S/C37H33N3O4S2/c1-2-3-9-22-44-29-18-11-16-27(23-29)33-32(31(41)21-20-25-12-5-4-6-13-25)34(42)35(43)40(33)36-38-39-37(46-36)45-24-28-17-10-15-26-14-7-8-19-30(26)28/h4-8,10-21,23,33,42H,2-3,9,22,24H2,1H3/b21-20+. The lowest BCUT2D eigenvalue weighted by Gasteiger charge is -2.24. The number of hydrogen-bond donors (Lipinski definition) is 1. The van der Waals surface area contributed by atoms with Gasteiger partial charge in [0.15, 0.2) is 15.9 Å². The van der Waals surface area contributed by atoms with E-state index in [4.69, 9.17) is 4.74 Å².